The lowest BCUT2D eigenvalue weighted by Gasteiger charge is -2.26. The van der Waals surface area contributed by atoms with Gasteiger partial charge in [-0.1, -0.05) is 60.7 Å². The van der Waals surface area contributed by atoms with E-state index in [1.807, 2.05) is 62.4 Å². The molecule has 0 heterocycles. The molecule has 2 amide bonds. The molecule has 0 aliphatic heterocycles. The molecule has 6 nitrogen and oxygen atoms in total. The van der Waals surface area contributed by atoms with Crippen molar-refractivity contribution in [2.75, 3.05) is 6.61 Å². The van der Waals surface area contributed by atoms with Gasteiger partial charge in [-0.3, -0.25) is 9.59 Å². The maximum absolute atomic E-state index is 12.6. The number of amides is 2. The fourth-order valence-corrected chi connectivity index (χ4v) is 2.68. The van der Waals surface area contributed by atoms with E-state index in [0.717, 1.165) is 11.1 Å². The third-order valence-corrected chi connectivity index (χ3v) is 4.11. The zero-order valence-electron chi connectivity index (χ0n) is 16.9. The van der Waals surface area contributed by atoms with Crippen molar-refractivity contribution in [1.82, 2.24) is 10.2 Å². The molecular formula is C23H26N2O4. The minimum Gasteiger partial charge on any atom is -0.451 e. The quantitative estimate of drug-likeness (QED) is 0.551. The first kappa shape index (κ1) is 21.9. The van der Waals surface area contributed by atoms with Crippen LogP contribution in [0.4, 0.5) is 0 Å². The first-order chi connectivity index (χ1) is 13.9. The second-order valence-electron chi connectivity index (χ2n) is 6.83. The summed E-state index contributed by atoms with van der Waals surface area (Å²) in [6.45, 7) is 5.13. The zero-order valence-corrected chi connectivity index (χ0v) is 16.9. The Kier molecular flexibility index (Phi) is 8.15. The maximum atomic E-state index is 12.6. The largest absolute Gasteiger partial charge is 0.451 e. The lowest BCUT2D eigenvalue weighted by Crippen LogP contribution is -2.39. The molecule has 6 heteroatoms. The first-order valence-electron chi connectivity index (χ1n) is 9.41. The number of hydrogen-bond donors (Lipinski definition) is 1. The Balaban J connectivity index is 2.05. The highest BCUT2D eigenvalue weighted by Gasteiger charge is 2.20. The summed E-state index contributed by atoms with van der Waals surface area (Å²) in [4.78, 5) is 38.2. The van der Waals surface area contributed by atoms with E-state index in [1.54, 1.807) is 17.0 Å². The molecule has 0 spiro atoms. The van der Waals surface area contributed by atoms with Crippen molar-refractivity contribution in [2.45, 2.75) is 33.4 Å². The second-order valence-corrected chi connectivity index (χ2v) is 6.83. The number of nitrogens with zero attached hydrogens (tertiary/aromatic N) is 1. The highest BCUT2D eigenvalue weighted by Crippen LogP contribution is 2.10. The fraction of sp³-hybridized carbons (Fsp3) is 0.261. The molecule has 0 aliphatic carbocycles. The Labute approximate surface area is 171 Å². The van der Waals surface area contributed by atoms with Crippen LogP contribution in [0.25, 0.3) is 6.08 Å². The highest BCUT2D eigenvalue weighted by atomic mass is 16.5. The predicted octanol–water partition coefficient (Wildman–Crippen LogP) is 3.14. The van der Waals surface area contributed by atoms with E-state index in [2.05, 4.69) is 5.32 Å². The molecule has 0 saturated carbocycles. The van der Waals surface area contributed by atoms with Gasteiger partial charge in [0.25, 0.3) is 5.91 Å². The van der Waals surface area contributed by atoms with E-state index in [-0.39, 0.29) is 17.6 Å². The summed E-state index contributed by atoms with van der Waals surface area (Å²) in [7, 11) is 0. The average Bonchev–Trinajstić information content (AvgIpc) is 2.70. The van der Waals surface area contributed by atoms with Gasteiger partial charge in [0.15, 0.2) is 6.61 Å². The summed E-state index contributed by atoms with van der Waals surface area (Å²) < 4.78 is 5.19. The van der Waals surface area contributed by atoms with E-state index in [0.29, 0.717) is 6.54 Å². The molecule has 2 aromatic rings. The molecule has 0 aromatic heterocycles. The third-order valence-electron chi connectivity index (χ3n) is 4.11. The number of ether oxygens (including phenoxy) is 1. The molecule has 0 saturated heterocycles. The summed E-state index contributed by atoms with van der Waals surface area (Å²) in [5.74, 6) is -1.47. The van der Waals surface area contributed by atoms with Crippen LogP contribution in [0.15, 0.2) is 66.4 Å². The zero-order chi connectivity index (χ0) is 21.2. The van der Waals surface area contributed by atoms with Crippen molar-refractivity contribution in [3.63, 3.8) is 0 Å². The molecular weight excluding hydrogens is 368 g/mol. The van der Waals surface area contributed by atoms with Crippen LogP contribution in [0.5, 0.6) is 0 Å². The summed E-state index contributed by atoms with van der Waals surface area (Å²) in [6.07, 6.45) is 1.51. The predicted molar refractivity (Wildman–Crippen MR) is 111 cm³/mol. The monoisotopic (exact) mass is 394 g/mol. The number of carbonyl (C=O) groups is 3. The standard InChI is InChI=1S/C23H26N2O4/c1-17(2)25(15-20-12-8-5-9-13-20)22(27)16-29-23(28)21(24-18(3)26)14-19-10-6-4-7-11-19/h4-14,17H,15-16H2,1-3H3,(H,24,26)/b21-14-. The molecule has 2 rings (SSSR count). The molecule has 1 N–H and O–H groups in total. The minimum absolute atomic E-state index is 0.0179. The number of rotatable bonds is 8. The van der Waals surface area contributed by atoms with Crippen LogP contribution in [0, 0.1) is 0 Å². The molecule has 0 fully saturated rings. The molecule has 0 aliphatic rings. The van der Waals surface area contributed by atoms with Gasteiger partial charge in [0.2, 0.25) is 5.91 Å². The lowest BCUT2D eigenvalue weighted by molar-refractivity contribution is -0.150. The number of esters is 1. The van der Waals surface area contributed by atoms with Crippen molar-refractivity contribution >= 4 is 23.9 Å². The van der Waals surface area contributed by atoms with Gasteiger partial charge in [0.05, 0.1) is 0 Å². The molecule has 0 radical (unpaired) electrons. The second kappa shape index (κ2) is 10.8. The van der Waals surface area contributed by atoms with Gasteiger partial charge < -0.3 is 15.0 Å². The van der Waals surface area contributed by atoms with Crippen molar-refractivity contribution in [2.24, 2.45) is 0 Å². The van der Waals surface area contributed by atoms with Gasteiger partial charge in [-0.25, -0.2) is 4.79 Å². The molecule has 0 unspecified atom stereocenters. The van der Waals surface area contributed by atoms with Crippen LogP contribution in [0.1, 0.15) is 31.9 Å². The third kappa shape index (κ3) is 7.25. The van der Waals surface area contributed by atoms with Gasteiger partial charge in [-0.2, -0.15) is 0 Å². The van der Waals surface area contributed by atoms with E-state index < -0.39 is 18.5 Å². The molecule has 152 valence electrons. The van der Waals surface area contributed by atoms with Gasteiger partial charge >= 0.3 is 5.97 Å². The number of hydrogen-bond acceptors (Lipinski definition) is 4. The van der Waals surface area contributed by atoms with Crippen LogP contribution in [-0.4, -0.2) is 35.3 Å². The van der Waals surface area contributed by atoms with Gasteiger partial charge in [0.1, 0.15) is 5.70 Å². The SMILES string of the molecule is CC(=O)N/C(=C\c1ccccc1)C(=O)OCC(=O)N(Cc1ccccc1)C(C)C. The maximum Gasteiger partial charge on any atom is 0.355 e. The summed E-state index contributed by atoms with van der Waals surface area (Å²) in [6, 6.07) is 18.6. The number of benzene rings is 2. The van der Waals surface area contributed by atoms with Crippen molar-refractivity contribution in [1.29, 1.82) is 0 Å². The molecule has 0 bridgehead atoms. The van der Waals surface area contributed by atoms with Crippen molar-refractivity contribution in [3.8, 4) is 0 Å². The van der Waals surface area contributed by atoms with Crippen LogP contribution >= 0.6 is 0 Å². The topological polar surface area (TPSA) is 75.7 Å². The van der Waals surface area contributed by atoms with E-state index >= 15 is 0 Å². The van der Waals surface area contributed by atoms with E-state index in [1.165, 1.54) is 13.0 Å². The Hall–Kier alpha value is -3.41. The van der Waals surface area contributed by atoms with Crippen molar-refractivity contribution < 1.29 is 19.1 Å². The molecule has 29 heavy (non-hydrogen) atoms. The Morgan fingerprint density at radius 3 is 2.14 bits per heavy atom. The number of nitrogens with one attached hydrogen (secondary N) is 1. The van der Waals surface area contributed by atoms with Crippen molar-refractivity contribution in [3.05, 3.63) is 77.5 Å². The Morgan fingerprint density at radius 1 is 1.00 bits per heavy atom. The summed E-state index contributed by atoms with van der Waals surface area (Å²) in [5, 5.41) is 2.47. The van der Waals surface area contributed by atoms with Gasteiger partial charge in [-0.05, 0) is 31.1 Å². The first-order valence-corrected chi connectivity index (χ1v) is 9.41. The average molecular weight is 394 g/mol. The smallest absolute Gasteiger partial charge is 0.355 e. The van der Waals surface area contributed by atoms with Crippen LogP contribution in [0.2, 0.25) is 0 Å². The highest BCUT2D eigenvalue weighted by molar-refractivity contribution is 5.98. The molecule has 0 atom stereocenters. The van der Waals surface area contributed by atoms with Crippen LogP contribution < -0.4 is 5.32 Å². The summed E-state index contributed by atoms with van der Waals surface area (Å²) in [5.41, 5.74) is 1.70. The Bertz CT molecular complexity index is 861. The summed E-state index contributed by atoms with van der Waals surface area (Å²) >= 11 is 0. The van der Waals surface area contributed by atoms with Crippen LogP contribution in [0.3, 0.4) is 0 Å². The van der Waals surface area contributed by atoms with E-state index in [9.17, 15) is 14.4 Å². The van der Waals surface area contributed by atoms with Gasteiger partial charge in [-0.15, -0.1) is 0 Å². The van der Waals surface area contributed by atoms with Crippen LogP contribution in [-0.2, 0) is 25.7 Å². The Morgan fingerprint density at radius 2 is 1.59 bits per heavy atom. The lowest BCUT2D eigenvalue weighted by atomic mass is 10.2. The minimum atomic E-state index is -0.763. The molecule has 2 aromatic carbocycles. The fourth-order valence-electron chi connectivity index (χ4n) is 2.68. The van der Waals surface area contributed by atoms with E-state index in [4.69, 9.17) is 4.74 Å². The normalized spacial score (nSPS) is 11.1. The van der Waals surface area contributed by atoms with Gasteiger partial charge in [0, 0.05) is 19.5 Å². The number of carbonyl (C=O) groups excluding carboxylic acids is 3.